The predicted molar refractivity (Wildman–Crippen MR) is 87.3 cm³/mol. The molecular formula is C18H26O4. The highest BCUT2D eigenvalue weighted by molar-refractivity contribution is 5.94. The van der Waals surface area contributed by atoms with Crippen LogP contribution < -0.4 is 0 Å². The number of carbonyl (C=O) groups is 1. The van der Waals surface area contributed by atoms with Crippen molar-refractivity contribution in [1.29, 1.82) is 0 Å². The van der Waals surface area contributed by atoms with Gasteiger partial charge in [0, 0.05) is 12.0 Å². The molecule has 1 aromatic carbocycles. The number of phenols is 1. The van der Waals surface area contributed by atoms with E-state index in [1.807, 2.05) is 19.9 Å². The lowest BCUT2D eigenvalue weighted by Crippen LogP contribution is -2.37. The van der Waals surface area contributed by atoms with E-state index in [2.05, 4.69) is 0 Å². The summed E-state index contributed by atoms with van der Waals surface area (Å²) in [6.45, 7) is 8.41. The Bertz CT molecular complexity index is 575. The van der Waals surface area contributed by atoms with Crippen molar-refractivity contribution in [1.82, 2.24) is 0 Å². The summed E-state index contributed by atoms with van der Waals surface area (Å²) in [7, 11) is 0. The zero-order valence-corrected chi connectivity index (χ0v) is 14.0. The minimum absolute atomic E-state index is 0.0748. The number of allylic oxidation sites excluding steroid dienone is 2. The fraction of sp³-hybridized carbons (Fsp3) is 0.500. The number of aliphatic hydroxyl groups is 2. The van der Waals surface area contributed by atoms with E-state index in [4.69, 9.17) is 0 Å². The summed E-state index contributed by atoms with van der Waals surface area (Å²) in [6, 6.07) is 3.26. The molecule has 0 spiro atoms. The van der Waals surface area contributed by atoms with E-state index in [1.165, 1.54) is 20.8 Å². The number of rotatable bonds is 6. The van der Waals surface area contributed by atoms with Gasteiger partial charge in [0.25, 0.3) is 0 Å². The first-order valence-electron chi connectivity index (χ1n) is 7.42. The van der Waals surface area contributed by atoms with Crippen LogP contribution in [-0.2, 0) is 12.8 Å². The van der Waals surface area contributed by atoms with E-state index in [9.17, 15) is 20.1 Å². The molecule has 1 atom stereocenters. The highest BCUT2D eigenvalue weighted by Gasteiger charge is 2.26. The van der Waals surface area contributed by atoms with Crippen LogP contribution >= 0.6 is 0 Å². The first-order valence-corrected chi connectivity index (χ1v) is 7.42. The number of hydrogen-bond acceptors (Lipinski definition) is 4. The van der Waals surface area contributed by atoms with E-state index in [0.717, 1.165) is 5.57 Å². The lowest BCUT2D eigenvalue weighted by molar-refractivity contribution is -0.0471. The minimum atomic E-state index is -1.28. The fourth-order valence-electron chi connectivity index (χ4n) is 2.05. The predicted octanol–water partition coefficient (Wildman–Crippen LogP) is 2.78. The Morgan fingerprint density at radius 1 is 1.23 bits per heavy atom. The van der Waals surface area contributed by atoms with Crippen molar-refractivity contribution >= 4 is 5.78 Å². The van der Waals surface area contributed by atoms with Crippen molar-refractivity contribution in [2.45, 2.75) is 59.2 Å². The Kier molecular flexibility index (Phi) is 5.92. The standard InChI is InChI=1S/C18H26O4/c1-11(2)6-7-13-8-14(12(3)19)9-15(17(13)21)10-16(20)18(4,5)22/h6,8-9,16,20-22H,7,10H2,1-5H3/t16-/m0/s1. The fourth-order valence-corrected chi connectivity index (χ4v) is 2.05. The van der Waals surface area contributed by atoms with E-state index in [-0.39, 0.29) is 18.0 Å². The first kappa shape index (κ1) is 18.4. The van der Waals surface area contributed by atoms with Gasteiger partial charge in [-0.2, -0.15) is 0 Å². The van der Waals surface area contributed by atoms with Crippen molar-refractivity contribution in [3.05, 3.63) is 40.5 Å². The van der Waals surface area contributed by atoms with Gasteiger partial charge < -0.3 is 15.3 Å². The quantitative estimate of drug-likeness (QED) is 0.558. The number of aromatic hydroxyl groups is 1. The van der Waals surface area contributed by atoms with Crippen molar-refractivity contribution in [3.63, 3.8) is 0 Å². The zero-order chi connectivity index (χ0) is 17.1. The normalized spacial score (nSPS) is 12.9. The molecule has 0 radical (unpaired) electrons. The van der Waals surface area contributed by atoms with Crippen LogP contribution in [0.2, 0.25) is 0 Å². The molecule has 0 heterocycles. The SMILES string of the molecule is CC(=O)c1cc(CC=C(C)C)c(O)c(C[C@H](O)C(C)(C)O)c1. The van der Waals surface area contributed by atoms with Gasteiger partial charge in [-0.05, 0) is 64.3 Å². The second-order valence-electron chi connectivity index (χ2n) is 6.56. The molecular weight excluding hydrogens is 280 g/mol. The van der Waals surface area contributed by atoms with Crippen LogP contribution in [-0.4, -0.2) is 32.8 Å². The van der Waals surface area contributed by atoms with Crippen LogP contribution in [0.1, 0.15) is 56.1 Å². The van der Waals surface area contributed by atoms with Gasteiger partial charge >= 0.3 is 0 Å². The first-order chi connectivity index (χ1) is 10.0. The molecule has 4 heteroatoms. The number of Topliss-reactive ketones (excluding diaryl/α,β-unsaturated/α-hetero) is 1. The van der Waals surface area contributed by atoms with Crippen LogP contribution in [0.3, 0.4) is 0 Å². The molecule has 0 unspecified atom stereocenters. The number of ketones is 1. The third kappa shape index (κ3) is 4.97. The van der Waals surface area contributed by atoms with Gasteiger partial charge in [0.15, 0.2) is 5.78 Å². The van der Waals surface area contributed by atoms with Gasteiger partial charge in [0.2, 0.25) is 0 Å². The molecule has 0 saturated carbocycles. The van der Waals surface area contributed by atoms with Gasteiger partial charge in [0.1, 0.15) is 5.75 Å². The average Bonchev–Trinajstić information content (AvgIpc) is 2.37. The molecule has 1 aromatic rings. The Morgan fingerprint density at radius 2 is 1.77 bits per heavy atom. The maximum atomic E-state index is 11.7. The minimum Gasteiger partial charge on any atom is -0.507 e. The second-order valence-corrected chi connectivity index (χ2v) is 6.56. The molecule has 0 bridgehead atoms. The van der Waals surface area contributed by atoms with E-state index < -0.39 is 11.7 Å². The van der Waals surface area contributed by atoms with Crippen LogP contribution in [0.4, 0.5) is 0 Å². The van der Waals surface area contributed by atoms with Crippen molar-refractivity contribution < 1.29 is 20.1 Å². The summed E-state index contributed by atoms with van der Waals surface area (Å²) < 4.78 is 0. The summed E-state index contributed by atoms with van der Waals surface area (Å²) in [5, 5.41) is 30.3. The highest BCUT2D eigenvalue weighted by atomic mass is 16.3. The van der Waals surface area contributed by atoms with Crippen molar-refractivity contribution in [2.75, 3.05) is 0 Å². The summed E-state index contributed by atoms with van der Waals surface area (Å²) in [5.74, 6) is -0.0248. The summed E-state index contributed by atoms with van der Waals surface area (Å²) in [4.78, 5) is 11.7. The lowest BCUT2D eigenvalue weighted by Gasteiger charge is -2.25. The van der Waals surface area contributed by atoms with Gasteiger partial charge in [-0.1, -0.05) is 11.6 Å². The van der Waals surface area contributed by atoms with Crippen molar-refractivity contribution in [3.8, 4) is 5.75 Å². The molecule has 0 aliphatic carbocycles. The van der Waals surface area contributed by atoms with Crippen molar-refractivity contribution in [2.24, 2.45) is 0 Å². The Labute approximate surface area is 132 Å². The maximum absolute atomic E-state index is 11.7. The van der Waals surface area contributed by atoms with E-state index in [0.29, 0.717) is 23.1 Å². The smallest absolute Gasteiger partial charge is 0.159 e. The molecule has 0 fully saturated rings. The maximum Gasteiger partial charge on any atom is 0.159 e. The van der Waals surface area contributed by atoms with Gasteiger partial charge in [-0.3, -0.25) is 4.79 Å². The number of aliphatic hydroxyl groups excluding tert-OH is 1. The Hall–Kier alpha value is -1.65. The summed E-state index contributed by atoms with van der Waals surface area (Å²) >= 11 is 0. The monoisotopic (exact) mass is 306 g/mol. The van der Waals surface area contributed by atoms with Crippen LogP contribution in [0.15, 0.2) is 23.8 Å². The average molecular weight is 306 g/mol. The highest BCUT2D eigenvalue weighted by Crippen LogP contribution is 2.29. The van der Waals surface area contributed by atoms with Crippen LogP contribution in [0.25, 0.3) is 0 Å². The third-order valence-electron chi connectivity index (χ3n) is 3.63. The zero-order valence-electron chi connectivity index (χ0n) is 14.0. The summed E-state index contributed by atoms with van der Waals surface area (Å²) in [6.07, 6.45) is 1.53. The molecule has 1 rings (SSSR count). The number of phenolic OH excluding ortho intramolecular Hbond substituents is 1. The molecule has 0 aromatic heterocycles. The molecule has 0 amide bonds. The summed E-state index contributed by atoms with van der Waals surface area (Å²) in [5.41, 5.74) is 1.45. The lowest BCUT2D eigenvalue weighted by atomic mass is 9.91. The van der Waals surface area contributed by atoms with Crippen LogP contribution in [0.5, 0.6) is 5.75 Å². The molecule has 4 nitrogen and oxygen atoms in total. The van der Waals surface area contributed by atoms with Gasteiger partial charge in [0.05, 0.1) is 11.7 Å². The largest absolute Gasteiger partial charge is 0.507 e. The van der Waals surface area contributed by atoms with Crippen LogP contribution in [0, 0.1) is 0 Å². The molecule has 0 aliphatic rings. The molecule has 122 valence electrons. The molecule has 3 N–H and O–H groups in total. The molecule has 0 aliphatic heterocycles. The number of carbonyl (C=O) groups excluding carboxylic acids is 1. The number of benzene rings is 1. The van der Waals surface area contributed by atoms with Gasteiger partial charge in [-0.15, -0.1) is 0 Å². The van der Waals surface area contributed by atoms with E-state index in [1.54, 1.807) is 12.1 Å². The number of hydrogen-bond donors (Lipinski definition) is 3. The molecule has 0 saturated heterocycles. The topological polar surface area (TPSA) is 77.8 Å². The Morgan fingerprint density at radius 3 is 2.23 bits per heavy atom. The van der Waals surface area contributed by atoms with Gasteiger partial charge in [-0.25, -0.2) is 0 Å². The van der Waals surface area contributed by atoms with E-state index >= 15 is 0 Å². The second kappa shape index (κ2) is 7.07. The third-order valence-corrected chi connectivity index (χ3v) is 3.63. The Balaban J connectivity index is 3.25. The molecule has 22 heavy (non-hydrogen) atoms.